The molecule has 2 rings (SSSR count). The zero-order valence-electron chi connectivity index (χ0n) is 10.9. The molecular weight excluding hydrogens is 228 g/mol. The van der Waals surface area contributed by atoms with Gasteiger partial charge in [0.25, 0.3) is 0 Å². The van der Waals surface area contributed by atoms with Gasteiger partial charge in [-0.2, -0.15) is 0 Å². The first-order chi connectivity index (χ1) is 8.71. The summed E-state index contributed by atoms with van der Waals surface area (Å²) in [5.41, 5.74) is 7.01. The van der Waals surface area contributed by atoms with Crippen molar-refractivity contribution in [3.63, 3.8) is 0 Å². The summed E-state index contributed by atoms with van der Waals surface area (Å²) in [4.78, 5) is 4.45. The molecule has 1 aliphatic carbocycles. The van der Waals surface area contributed by atoms with E-state index >= 15 is 0 Å². The van der Waals surface area contributed by atoms with Crippen LogP contribution in [0.15, 0.2) is 18.3 Å². The minimum absolute atomic E-state index is 0.0696. The van der Waals surface area contributed by atoms with Crippen molar-refractivity contribution in [2.24, 2.45) is 5.73 Å². The van der Waals surface area contributed by atoms with Gasteiger partial charge >= 0.3 is 0 Å². The van der Waals surface area contributed by atoms with E-state index in [4.69, 9.17) is 10.5 Å². The van der Waals surface area contributed by atoms with Gasteiger partial charge in [0.15, 0.2) is 0 Å². The lowest BCUT2D eigenvalue weighted by molar-refractivity contribution is -0.0586. The first-order valence-electron chi connectivity index (χ1n) is 6.56. The maximum atomic E-state index is 10.9. The van der Waals surface area contributed by atoms with E-state index in [2.05, 4.69) is 11.1 Å². The van der Waals surface area contributed by atoms with Crippen LogP contribution in [-0.4, -0.2) is 36.0 Å². The highest BCUT2D eigenvalue weighted by molar-refractivity contribution is 5.31. The third kappa shape index (κ3) is 2.55. The van der Waals surface area contributed by atoms with E-state index in [1.165, 1.54) is 5.56 Å². The maximum Gasteiger partial charge on any atom is 0.0963 e. The van der Waals surface area contributed by atoms with Gasteiger partial charge in [0, 0.05) is 24.9 Å². The minimum Gasteiger partial charge on any atom is -0.387 e. The van der Waals surface area contributed by atoms with E-state index in [1.54, 1.807) is 13.3 Å². The largest absolute Gasteiger partial charge is 0.387 e. The standard InChI is InChI=1S/C14H22N2O2/c1-18-10-14(17,7-3-8-15)12-6-5-11-4-2-9-16-13(11)12/h2,4,9,12,17H,3,5-8,10,15H2,1H3. The Labute approximate surface area is 108 Å². The summed E-state index contributed by atoms with van der Waals surface area (Å²) in [6.45, 7) is 0.932. The number of aliphatic hydroxyl groups is 1. The Morgan fingerprint density at radius 3 is 3.17 bits per heavy atom. The molecule has 18 heavy (non-hydrogen) atoms. The molecule has 0 fully saturated rings. The fourth-order valence-electron chi connectivity index (χ4n) is 2.94. The van der Waals surface area contributed by atoms with E-state index in [9.17, 15) is 5.11 Å². The van der Waals surface area contributed by atoms with Gasteiger partial charge in [0.05, 0.1) is 12.2 Å². The third-order valence-corrected chi connectivity index (χ3v) is 3.82. The average molecular weight is 250 g/mol. The van der Waals surface area contributed by atoms with Crippen molar-refractivity contribution < 1.29 is 9.84 Å². The Hall–Kier alpha value is -0.970. The summed E-state index contributed by atoms with van der Waals surface area (Å²) in [5, 5.41) is 10.9. The predicted molar refractivity (Wildman–Crippen MR) is 70.4 cm³/mol. The molecule has 2 atom stereocenters. The molecule has 0 spiro atoms. The highest BCUT2D eigenvalue weighted by atomic mass is 16.5. The van der Waals surface area contributed by atoms with Gasteiger partial charge in [-0.3, -0.25) is 4.98 Å². The number of fused-ring (bicyclic) bond motifs is 1. The Kier molecular flexibility index (Phi) is 4.32. The Balaban J connectivity index is 2.22. The van der Waals surface area contributed by atoms with Crippen molar-refractivity contribution in [2.45, 2.75) is 37.2 Å². The van der Waals surface area contributed by atoms with Crippen molar-refractivity contribution in [1.29, 1.82) is 0 Å². The van der Waals surface area contributed by atoms with Crippen LogP contribution in [0.2, 0.25) is 0 Å². The molecule has 0 saturated carbocycles. The molecular formula is C14H22N2O2. The SMILES string of the molecule is COCC(O)(CCCN)C1CCc2cccnc21. The van der Waals surface area contributed by atoms with Gasteiger partial charge in [0.1, 0.15) is 0 Å². The number of aryl methyl sites for hydroxylation is 1. The maximum absolute atomic E-state index is 10.9. The van der Waals surface area contributed by atoms with Crippen LogP contribution in [0.3, 0.4) is 0 Å². The zero-order chi connectivity index (χ0) is 13.0. The van der Waals surface area contributed by atoms with Gasteiger partial charge in [-0.15, -0.1) is 0 Å². The molecule has 0 aliphatic heterocycles. The summed E-state index contributed by atoms with van der Waals surface area (Å²) < 4.78 is 5.21. The van der Waals surface area contributed by atoms with Crippen molar-refractivity contribution in [1.82, 2.24) is 4.98 Å². The molecule has 0 saturated heterocycles. The van der Waals surface area contributed by atoms with E-state index < -0.39 is 5.60 Å². The number of aromatic nitrogens is 1. The van der Waals surface area contributed by atoms with Crippen molar-refractivity contribution in [2.75, 3.05) is 20.3 Å². The molecule has 1 aromatic heterocycles. The van der Waals surface area contributed by atoms with Crippen LogP contribution >= 0.6 is 0 Å². The Morgan fingerprint density at radius 1 is 1.61 bits per heavy atom. The van der Waals surface area contributed by atoms with Crippen LogP contribution in [0.25, 0.3) is 0 Å². The summed E-state index contributed by atoms with van der Waals surface area (Å²) >= 11 is 0. The molecule has 100 valence electrons. The van der Waals surface area contributed by atoms with Crippen LogP contribution in [-0.2, 0) is 11.2 Å². The third-order valence-electron chi connectivity index (χ3n) is 3.82. The molecule has 2 unspecified atom stereocenters. The number of pyridine rings is 1. The lowest BCUT2D eigenvalue weighted by atomic mass is 9.82. The Morgan fingerprint density at radius 2 is 2.44 bits per heavy atom. The van der Waals surface area contributed by atoms with Crippen LogP contribution in [0, 0.1) is 0 Å². The van der Waals surface area contributed by atoms with Gasteiger partial charge < -0.3 is 15.6 Å². The van der Waals surface area contributed by atoms with Crippen molar-refractivity contribution >= 4 is 0 Å². The smallest absolute Gasteiger partial charge is 0.0963 e. The highest BCUT2D eigenvalue weighted by Crippen LogP contribution is 2.41. The van der Waals surface area contributed by atoms with E-state index in [1.807, 2.05) is 6.07 Å². The van der Waals surface area contributed by atoms with E-state index in [0.29, 0.717) is 19.6 Å². The second-order valence-electron chi connectivity index (χ2n) is 5.07. The molecule has 1 aliphatic rings. The molecule has 0 amide bonds. The fourth-order valence-corrected chi connectivity index (χ4v) is 2.94. The predicted octanol–water partition coefficient (Wildman–Crippen LogP) is 1.23. The van der Waals surface area contributed by atoms with Crippen LogP contribution in [0.4, 0.5) is 0 Å². The van der Waals surface area contributed by atoms with E-state index in [-0.39, 0.29) is 5.92 Å². The first-order valence-corrected chi connectivity index (χ1v) is 6.56. The molecule has 3 N–H and O–H groups in total. The number of ether oxygens (including phenoxy) is 1. The molecule has 0 aromatic carbocycles. The molecule has 0 radical (unpaired) electrons. The quantitative estimate of drug-likeness (QED) is 0.796. The van der Waals surface area contributed by atoms with Gasteiger partial charge in [-0.25, -0.2) is 0 Å². The lowest BCUT2D eigenvalue weighted by Gasteiger charge is -2.33. The number of nitrogens with zero attached hydrogens (tertiary/aromatic N) is 1. The second kappa shape index (κ2) is 5.78. The van der Waals surface area contributed by atoms with Crippen LogP contribution < -0.4 is 5.73 Å². The van der Waals surface area contributed by atoms with Crippen molar-refractivity contribution in [3.8, 4) is 0 Å². The number of rotatable bonds is 6. The first kappa shape index (κ1) is 13.5. The number of hydrogen-bond acceptors (Lipinski definition) is 4. The van der Waals surface area contributed by atoms with Crippen molar-refractivity contribution in [3.05, 3.63) is 29.6 Å². The highest BCUT2D eigenvalue weighted by Gasteiger charge is 2.41. The number of methoxy groups -OCH3 is 1. The minimum atomic E-state index is -0.840. The molecule has 4 nitrogen and oxygen atoms in total. The summed E-state index contributed by atoms with van der Waals surface area (Å²) in [7, 11) is 1.63. The topological polar surface area (TPSA) is 68.4 Å². The van der Waals surface area contributed by atoms with Gasteiger partial charge in [0.2, 0.25) is 0 Å². The van der Waals surface area contributed by atoms with E-state index in [0.717, 1.165) is 25.0 Å². The summed E-state index contributed by atoms with van der Waals surface area (Å²) in [5.74, 6) is 0.0696. The molecule has 4 heteroatoms. The molecule has 1 heterocycles. The fraction of sp³-hybridized carbons (Fsp3) is 0.643. The lowest BCUT2D eigenvalue weighted by Crippen LogP contribution is -2.41. The van der Waals surface area contributed by atoms with Gasteiger partial charge in [-0.1, -0.05) is 6.07 Å². The normalized spacial score (nSPS) is 21.6. The average Bonchev–Trinajstić information content (AvgIpc) is 2.81. The Bertz CT molecular complexity index is 397. The molecule has 1 aromatic rings. The summed E-state index contributed by atoms with van der Waals surface area (Å²) in [6.07, 6.45) is 5.20. The monoisotopic (exact) mass is 250 g/mol. The van der Waals surface area contributed by atoms with Gasteiger partial charge in [-0.05, 0) is 43.9 Å². The zero-order valence-corrected chi connectivity index (χ0v) is 10.9. The summed E-state index contributed by atoms with van der Waals surface area (Å²) in [6, 6.07) is 4.05. The number of nitrogens with two attached hydrogens (primary N) is 1. The van der Waals surface area contributed by atoms with Crippen LogP contribution in [0.1, 0.15) is 36.4 Å². The molecule has 0 bridgehead atoms. The second-order valence-corrected chi connectivity index (χ2v) is 5.07. The van der Waals surface area contributed by atoms with Crippen LogP contribution in [0.5, 0.6) is 0 Å². The number of hydrogen-bond donors (Lipinski definition) is 2.